The first kappa shape index (κ1) is 11.9. The van der Waals surface area contributed by atoms with Crippen molar-refractivity contribution in [2.24, 2.45) is 0 Å². The number of rotatable bonds is 4. The van der Waals surface area contributed by atoms with Crippen molar-refractivity contribution in [1.29, 1.82) is 0 Å². The van der Waals surface area contributed by atoms with E-state index < -0.39 is 0 Å². The van der Waals surface area contributed by atoms with Gasteiger partial charge in [-0.15, -0.1) is 11.8 Å². The van der Waals surface area contributed by atoms with Gasteiger partial charge in [-0.2, -0.15) is 0 Å². The fourth-order valence-electron chi connectivity index (χ4n) is 2.46. The smallest absolute Gasteiger partial charge is 0.146 e. The molecule has 3 heteroatoms. The maximum absolute atomic E-state index is 11.7. The van der Waals surface area contributed by atoms with Crippen LogP contribution in [0.5, 0.6) is 0 Å². The van der Waals surface area contributed by atoms with Crippen LogP contribution < -0.4 is 0 Å². The maximum atomic E-state index is 11.7. The lowest BCUT2D eigenvalue weighted by Crippen LogP contribution is -2.44. The number of carbonyl (C=O) groups excluding carboxylic acids is 1. The summed E-state index contributed by atoms with van der Waals surface area (Å²) in [5.74, 6) is 1.29. The van der Waals surface area contributed by atoms with Crippen LogP contribution in [0.25, 0.3) is 0 Å². The second-order valence-electron chi connectivity index (χ2n) is 4.45. The minimum absolute atomic E-state index is 0.114. The van der Waals surface area contributed by atoms with Crippen LogP contribution in [-0.2, 0) is 4.79 Å². The molecule has 1 heterocycles. The molecule has 3 atom stereocenters. The molecule has 2 aliphatic rings. The van der Waals surface area contributed by atoms with Gasteiger partial charge < -0.3 is 0 Å². The highest BCUT2D eigenvalue weighted by atomic mass is 32.2. The third kappa shape index (κ3) is 2.25. The van der Waals surface area contributed by atoms with Gasteiger partial charge in [-0.3, -0.25) is 9.69 Å². The van der Waals surface area contributed by atoms with Crippen molar-refractivity contribution in [1.82, 2.24) is 4.90 Å². The molecular weight excluding hydrogens is 218 g/mol. The van der Waals surface area contributed by atoms with E-state index in [1.807, 2.05) is 11.8 Å². The number of fused-ring (bicyclic) bond motifs is 1. The number of carbonyl (C=O) groups is 1. The first-order chi connectivity index (χ1) is 7.74. The third-order valence-electron chi connectivity index (χ3n) is 3.29. The molecule has 0 aromatic heterocycles. The molecule has 16 heavy (non-hydrogen) atoms. The Morgan fingerprint density at radius 3 is 2.94 bits per heavy atom. The zero-order valence-corrected chi connectivity index (χ0v) is 10.7. The molecule has 1 aliphatic carbocycles. The second kappa shape index (κ2) is 5.19. The SMILES string of the molecule is CCCC(C(C)=O)N1CSC2C=CC=CC21. The zero-order chi connectivity index (χ0) is 11.5. The van der Waals surface area contributed by atoms with Gasteiger partial charge in [-0.25, -0.2) is 0 Å². The van der Waals surface area contributed by atoms with E-state index in [2.05, 4.69) is 36.1 Å². The number of thioether (sulfide) groups is 1. The molecular formula is C13H19NOS. The Hall–Kier alpha value is -0.540. The number of hydrogen-bond acceptors (Lipinski definition) is 3. The van der Waals surface area contributed by atoms with Gasteiger partial charge in [0.15, 0.2) is 0 Å². The van der Waals surface area contributed by atoms with Crippen molar-refractivity contribution in [3.05, 3.63) is 24.3 Å². The van der Waals surface area contributed by atoms with Gasteiger partial charge in [-0.1, -0.05) is 37.6 Å². The van der Waals surface area contributed by atoms with Gasteiger partial charge in [0.25, 0.3) is 0 Å². The summed E-state index contributed by atoms with van der Waals surface area (Å²) in [6.45, 7) is 3.87. The van der Waals surface area contributed by atoms with E-state index in [-0.39, 0.29) is 6.04 Å². The Labute approximate surface area is 102 Å². The molecule has 2 rings (SSSR count). The van der Waals surface area contributed by atoms with Gasteiger partial charge in [0, 0.05) is 17.2 Å². The van der Waals surface area contributed by atoms with E-state index >= 15 is 0 Å². The summed E-state index contributed by atoms with van der Waals surface area (Å²) in [5.41, 5.74) is 0. The summed E-state index contributed by atoms with van der Waals surface area (Å²) < 4.78 is 0. The fraction of sp³-hybridized carbons (Fsp3) is 0.615. The molecule has 1 fully saturated rings. The molecule has 0 radical (unpaired) electrons. The summed E-state index contributed by atoms with van der Waals surface area (Å²) in [4.78, 5) is 14.1. The van der Waals surface area contributed by atoms with Crippen molar-refractivity contribution in [3.8, 4) is 0 Å². The van der Waals surface area contributed by atoms with Crippen molar-refractivity contribution in [2.75, 3.05) is 5.88 Å². The van der Waals surface area contributed by atoms with E-state index in [1.54, 1.807) is 6.92 Å². The lowest BCUT2D eigenvalue weighted by molar-refractivity contribution is -0.122. The van der Waals surface area contributed by atoms with E-state index in [9.17, 15) is 4.79 Å². The molecule has 0 amide bonds. The van der Waals surface area contributed by atoms with Crippen LogP contribution in [0.15, 0.2) is 24.3 Å². The lowest BCUT2D eigenvalue weighted by atomic mass is 10.0. The number of hydrogen-bond donors (Lipinski definition) is 0. The quantitative estimate of drug-likeness (QED) is 0.749. The Bertz CT molecular complexity index is 324. The minimum atomic E-state index is 0.114. The van der Waals surface area contributed by atoms with Crippen LogP contribution >= 0.6 is 11.8 Å². The van der Waals surface area contributed by atoms with Gasteiger partial charge in [0.05, 0.1) is 6.04 Å². The molecule has 88 valence electrons. The molecule has 0 aromatic carbocycles. The molecule has 3 unspecified atom stereocenters. The third-order valence-corrected chi connectivity index (χ3v) is 4.56. The molecule has 0 N–H and O–H groups in total. The predicted octanol–water partition coefficient (Wildman–Crippen LogP) is 2.61. The average molecular weight is 237 g/mol. The number of Topliss-reactive ketones (excluding diaryl/α,β-unsaturated/α-hetero) is 1. The molecule has 0 bridgehead atoms. The van der Waals surface area contributed by atoms with Crippen LogP contribution in [0.1, 0.15) is 26.7 Å². The Balaban J connectivity index is 2.11. The predicted molar refractivity (Wildman–Crippen MR) is 69.5 cm³/mol. The molecule has 0 saturated carbocycles. The van der Waals surface area contributed by atoms with Crippen molar-refractivity contribution >= 4 is 17.5 Å². The molecule has 0 spiro atoms. The lowest BCUT2D eigenvalue weighted by Gasteiger charge is -2.31. The number of nitrogens with zero attached hydrogens (tertiary/aromatic N) is 1. The van der Waals surface area contributed by atoms with E-state index in [0.29, 0.717) is 17.1 Å². The number of allylic oxidation sites excluding steroid dienone is 2. The Morgan fingerprint density at radius 1 is 1.50 bits per heavy atom. The van der Waals surface area contributed by atoms with Crippen LogP contribution in [0.4, 0.5) is 0 Å². The van der Waals surface area contributed by atoms with Crippen molar-refractivity contribution in [2.45, 2.75) is 44.0 Å². The second-order valence-corrected chi connectivity index (χ2v) is 5.59. The summed E-state index contributed by atoms with van der Waals surface area (Å²) in [5, 5.41) is 0.545. The molecule has 0 aromatic rings. The van der Waals surface area contributed by atoms with E-state index in [0.717, 1.165) is 18.7 Å². The Kier molecular flexibility index (Phi) is 3.87. The van der Waals surface area contributed by atoms with E-state index in [1.165, 1.54) is 0 Å². The highest BCUT2D eigenvalue weighted by Gasteiger charge is 2.37. The van der Waals surface area contributed by atoms with Gasteiger partial charge in [0.1, 0.15) is 5.78 Å². The van der Waals surface area contributed by atoms with Gasteiger partial charge >= 0.3 is 0 Å². The van der Waals surface area contributed by atoms with Crippen LogP contribution in [0.2, 0.25) is 0 Å². The summed E-state index contributed by atoms with van der Waals surface area (Å²) in [6, 6.07) is 0.541. The standard InChI is InChI=1S/C13H19NOS/c1-3-6-11(10(2)15)14-9-16-13-8-5-4-7-12(13)14/h4-5,7-8,11-13H,3,6,9H2,1-2H3. The number of ketones is 1. The maximum Gasteiger partial charge on any atom is 0.146 e. The van der Waals surface area contributed by atoms with Crippen LogP contribution in [0.3, 0.4) is 0 Å². The van der Waals surface area contributed by atoms with Crippen molar-refractivity contribution < 1.29 is 4.79 Å². The topological polar surface area (TPSA) is 20.3 Å². The van der Waals surface area contributed by atoms with Gasteiger partial charge in [0.2, 0.25) is 0 Å². The average Bonchev–Trinajstić information content (AvgIpc) is 2.69. The molecule has 2 nitrogen and oxygen atoms in total. The minimum Gasteiger partial charge on any atom is -0.298 e. The zero-order valence-electron chi connectivity index (χ0n) is 9.93. The summed E-state index contributed by atoms with van der Waals surface area (Å²) >= 11 is 1.94. The van der Waals surface area contributed by atoms with Gasteiger partial charge in [-0.05, 0) is 13.3 Å². The van der Waals surface area contributed by atoms with E-state index in [4.69, 9.17) is 0 Å². The van der Waals surface area contributed by atoms with Crippen LogP contribution in [-0.4, -0.2) is 33.9 Å². The summed E-state index contributed by atoms with van der Waals surface area (Å²) in [7, 11) is 0. The highest BCUT2D eigenvalue weighted by molar-refractivity contribution is 8.00. The highest BCUT2D eigenvalue weighted by Crippen LogP contribution is 2.35. The van der Waals surface area contributed by atoms with Crippen LogP contribution in [0, 0.1) is 0 Å². The monoisotopic (exact) mass is 237 g/mol. The van der Waals surface area contributed by atoms with Crippen molar-refractivity contribution in [3.63, 3.8) is 0 Å². The Morgan fingerprint density at radius 2 is 2.25 bits per heavy atom. The largest absolute Gasteiger partial charge is 0.298 e. The molecule has 1 saturated heterocycles. The first-order valence-electron chi connectivity index (χ1n) is 5.97. The summed E-state index contributed by atoms with van der Waals surface area (Å²) in [6.07, 6.45) is 10.7. The molecule has 1 aliphatic heterocycles. The fourth-order valence-corrected chi connectivity index (χ4v) is 3.80. The first-order valence-corrected chi connectivity index (χ1v) is 7.01. The normalized spacial score (nSPS) is 30.4.